The molecule has 2 aromatic rings. The zero-order chi connectivity index (χ0) is 23.4. The van der Waals surface area contributed by atoms with Crippen LogP contribution < -0.4 is 10.2 Å². The number of phenols is 1. The number of hydrogen-bond donors (Lipinski definition) is 2. The van der Waals surface area contributed by atoms with Crippen LogP contribution in [0.2, 0.25) is 0 Å². The molecule has 2 N–H and O–H groups in total. The van der Waals surface area contributed by atoms with Crippen molar-refractivity contribution in [3.63, 3.8) is 0 Å². The van der Waals surface area contributed by atoms with Crippen LogP contribution in [0.3, 0.4) is 0 Å². The van der Waals surface area contributed by atoms with Crippen LogP contribution >= 0.6 is 0 Å². The highest BCUT2D eigenvalue weighted by atomic mass is 16.3. The first-order valence-electron chi connectivity index (χ1n) is 11.8. The molecular formula is C26H34N4O3. The number of nitrogens with zero attached hydrogens (tertiary/aromatic N) is 3. The minimum atomic E-state index is -0.00920. The van der Waals surface area contributed by atoms with Crippen LogP contribution in [0.25, 0.3) is 0 Å². The van der Waals surface area contributed by atoms with Gasteiger partial charge in [-0.1, -0.05) is 18.2 Å². The van der Waals surface area contributed by atoms with Gasteiger partial charge in [0.05, 0.1) is 12.2 Å². The second-order valence-corrected chi connectivity index (χ2v) is 9.28. The van der Waals surface area contributed by atoms with Crippen molar-refractivity contribution in [1.82, 2.24) is 9.80 Å². The summed E-state index contributed by atoms with van der Waals surface area (Å²) in [7, 11) is 0. The maximum atomic E-state index is 13.1. The molecule has 4 rings (SSSR count). The number of nitrogens with one attached hydrogen (secondary N) is 1. The number of likely N-dealkylation sites (tertiary alicyclic amines) is 1. The van der Waals surface area contributed by atoms with E-state index in [4.69, 9.17) is 0 Å². The second kappa shape index (κ2) is 10.3. The molecular weight excluding hydrogens is 416 g/mol. The number of piperidine rings is 1. The number of para-hydroxylation sites is 2. The summed E-state index contributed by atoms with van der Waals surface area (Å²) in [5.74, 6) is 0.531. The van der Waals surface area contributed by atoms with Gasteiger partial charge in [-0.3, -0.25) is 14.5 Å². The molecule has 176 valence electrons. The van der Waals surface area contributed by atoms with Gasteiger partial charge in [0.25, 0.3) is 0 Å². The molecule has 0 radical (unpaired) electrons. The molecule has 0 aliphatic carbocycles. The van der Waals surface area contributed by atoms with Crippen LogP contribution in [0.5, 0.6) is 5.75 Å². The first kappa shape index (κ1) is 23.1. The Balaban J connectivity index is 1.21. The minimum Gasteiger partial charge on any atom is -0.506 e. The summed E-state index contributed by atoms with van der Waals surface area (Å²) in [6.07, 6.45) is 1.57. The fraction of sp³-hybridized carbons (Fsp3) is 0.462. The predicted octanol–water partition coefficient (Wildman–Crippen LogP) is 3.01. The average molecular weight is 451 g/mol. The number of aryl methyl sites for hydroxylation is 2. The standard InChI is InChI=1S/C26H34N4O3/c1-19-15-20(2)17-22(16-19)27-25(32)18-28-9-7-21(8-10-28)26(33)30-13-11-29(12-14-30)23-5-3-4-6-24(23)31/h3-6,15-17,21,31H,7-14,18H2,1-2H3,(H,27,32). The number of benzene rings is 2. The van der Waals surface area contributed by atoms with Crippen molar-refractivity contribution in [3.8, 4) is 5.75 Å². The van der Waals surface area contributed by atoms with Gasteiger partial charge in [-0.2, -0.15) is 0 Å². The van der Waals surface area contributed by atoms with Crippen molar-refractivity contribution < 1.29 is 14.7 Å². The molecule has 2 aliphatic rings. The normalized spacial score (nSPS) is 17.8. The van der Waals surface area contributed by atoms with E-state index in [9.17, 15) is 14.7 Å². The first-order chi connectivity index (χ1) is 15.9. The Bertz CT molecular complexity index is 973. The molecule has 0 spiro atoms. The molecule has 2 amide bonds. The van der Waals surface area contributed by atoms with Crippen LogP contribution in [0.1, 0.15) is 24.0 Å². The molecule has 7 nitrogen and oxygen atoms in total. The van der Waals surface area contributed by atoms with E-state index in [2.05, 4.69) is 21.2 Å². The number of amides is 2. The van der Waals surface area contributed by atoms with Gasteiger partial charge in [-0.05, 0) is 75.2 Å². The molecule has 2 saturated heterocycles. The van der Waals surface area contributed by atoms with Crippen molar-refractivity contribution in [1.29, 1.82) is 0 Å². The van der Waals surface area contributed by atoms with Crippen molar-refractivity contribution in [2.75, 3.05) is 56.0 Å². The fourth-order valence-electron chi connectivity index (χ4n) is 4.95. The lowest BCUT2D eigenvalue weighted by Crippen LogP contribution is -2.52. The summed E-state index contributed by atoms with van der Waals surface area (Å²) in [6, 6.07) is 13.4. The molecule has 2 aromatic carbocycles. The molecule has 2 heterocycles. The van der Waals surface area contributed by atoms with Gasteiger partial charge in [0, 0.05) is 37.8 Å². The van der Waals surface area contributed by atoms with E-state index in [1.165, 1.54) is 0 Å². The van der Waals surface area contributed by atoms with E-state index in [0.717, 1.165) is 61.5 Å². The molecule has 0 atom stereocenters. The highest BCUT2D eigenvalue weighted by Crippen LogP contribution is 2.28. The Labute approximate surface area is 196 Å². The summed E-state index contributed by atoms with van der Waals surface area (Å²) in [6.45, 7) is 8.71. The number of carbonyl (C=O) groups is 2. The van der Waals surface area contributed by atoms with Crippen LogP contribution in [0.15, 0.2) is 42.5 Å². The quantitative estimate of drug-likeness (QED) is 0.733. The fourth-order valence-corrected chi connectivity index (χ4v) is 4.95. The topological polar surface area (TPSA) is 76.1 Å². The molecule has 0 aromatic heterocycles. The smallest absolute Gasteiger partial charge is 0.238 e. The van der Waals surface area contributed by atoms with Gasteiger partial charge in [-0.25, -0.2) is 0 Å². The van der Waals surface area contributed by atoms with E-state index in [0.29, 0.717) is 19.6 Å². The molecule has 0 bridgehead atoms. The highest BCUT2D eigenvalue weighted by Gasteiger charge is 2.31. The number of aromatic hydroxyl groups is 1. The zero-order valence-electron chi connectivity index (χ0n) is 19.6. The largest absolute Gasteiger partial charge is 0.506 e. The van der Waals surface area contributed by atoms with Gasteiger partial charge in [-0.15, -0.1) is 0 Å². The molecule has 0 saturated carbocycles. The lowest BCUT2D eigenvalue weighted by atomic mass is 9.95. The van der Waals surface area contributed by atoms with E-state index < -0.39 is 0 Å². The maximum absolute atomic E-state index is 13.1. The lowest BCUT2D eigenvalue weighted by Gasteiger charge is -2.39. The third-order valence-corrected chi connectivity index (χ3v) is 6.62. The Hall–Kier alpha value is -3.06. The zero-order valence-corrected chi connectivity index (χ0v) is 19.6. The summed E-state index contributed by atoms with van der Waals surface area (Å²) in [5.41, 5.74) is 3.93. The van der Waals surface area contributed by atoms with E-state index in [-0.39, 0.29) is 23.5 Å². The predicted molar refractivity (Wildman–Crippen MR) is 131 cm³/mol. The van der Waals surface area contributed by atoms with Gasteiger partial charge < -0.3 is 20.2 Å². The van der Waals surface area contributed by atoms with Crippen LogP contribution in [0.4, 0.5) is 11.4 Å². The highest BCUT2D eigenvalue weighted by molar-refractivity contribution is 5.92. The third-order valence-electron chi connectivity index (χ3n) is 6.62. The van der Waals surface area contributed by atoms with Gasteiger partial charge in [0.2, 0.25) is 11.8 Å². The van der Waals surface area contributed by atoms with Crippen molar-refractivity contribution in [3.05, 3.63) is 53.6 Å². The van der Waals surface area contributed by atoms with Gasteiger partial charge in [0.15, 0.2) is 0 Å². The molecule has 0 unspecified atom stereocenters. The Morgan fingerprint density at radius 2 is 1.58 bits per heavy atom. The lowest BCUT2D eigenvalue weighted by molar-refractivity contribution is -0.137. The Morgan fingerprint density at radius 1 is 0.939 bits per heavy atom. The summed E-state index contributed by atoms with van der Waals surface area (Å²) >= 11 is 0. The van der Waals surface area contributed by atoms with Crippen molar-refractivity contribution in [2.24, 2.45) is 5.92 Å². The van der Waals surface area contributed by atoms with Gasteiger partial charge in [0.1, 0.15) is 5.75 Å². The average Bonchev–Trinajstić information content (AvgIpc) is 2.79. The number of phenolic OH excluding ortho intramolecular Hbond substituents is 1. The minimum absolute atomic E-state index is 0.00920. The number of piperazine rings is 1. The van der Waals surface area contributed by atoms with E-state index in [1.54, 1.807) is 6.07 Å². The van der Waals surface area contributed by atoms with E-state index in [1.807, 2.05) is 49.1 Å². The van der Waals surface area contributed by atoms with E-state index >= 15 is 0 Å². The molecule has 7 heteroatoms. The number of anilines is 2. The Kier molecular flexibility index (Phi) is 7.18. The number of carbonyl (C=O) groups excluding carboxylic acids is 2. The maximum Gasteiger partial charge on any atom is 0.238 e. The van der Waals surface area contributed by atoms with Crippen molar-refractivity contribution >= 4 is 23.2 Å². The molecule has 33 heavy (non-hydrogen) atoms. The van der Waals surface area contributed by atoms with Crippen LogP contribution in [-0.4, -0.2) is 72.5 Å². The molecule has 2 aliphatic heterocycles. The van der Waals surface area contributed by atoms with Gasteiger partial charge >= 0.3 is 0 Å². The molecule has 2 fully saturated rings. The summed E-state index contributed by atoms with van der Waals surface area (Å²) in [5, 5.41) is 13.1. The second-order valence-electron chi connectivity index (χ2n) is 9.28. The summed E-state index contributed by atoms with van der Waals surface area (Å²) < 4.78 is 0. The first-order valence-corrected chi connectivity index (χ1v) is 11.8. The Morgan fingerprint density at radius 3 is 2.21 bits per heavy atom. The monoisotopic (exact) mass is 450 g/mol. The SMILES string of the molecule is Cc1cc(C)cc(NC(=O)CN2CCC(C(=O)N3CCN(c4ccccc4O)CC3)CC2)c1. The number of rotatable bonds is 5. The summed E-state index contributed by atoms with van der Waals surface area (Å²) in [4.78, 5) is 31.8. The van der Waals surface area contributed by atoms with Crippen LogP contribution in [-0.2, 0) is 9.59 Å². The number of hydrogen-bond acceptors (Lipinski definition) is 5. The van der Waals surface area contributed by atoms with Crippen LogP contribution in [0, 0.1) is 19.8 Å². The third kappa shape index (κ3) is 5.85. The van der Waals surface area contributed by atoms with Crippen molar-refractivity contribution in [2.45, 2.75) is 26.7 Å².